The highest BCUT2D eigenvalue weighted by atomic mass is 19.3. The summed E-state index contributed by atoms with van der Waals surface area (Å²) in [6.07, 6.45) is 9.78. The topological polar surface area (TPSA) is 89.1 Å². The van der Waals surface area contributed by atoms with Crippen molar-refractivity contribution in [2.75, 3.05) is 53.4 Å². The van der Waals surface area contributed by atoms with Crippen LogP contribution in [0.3, 0.4) is 0 Å². The van der Waals surface area contributed by atoms with Gasteiger partial charge in [-0.3, -0.25) is 9.89 Å². The van der Waals surface area contributed by atoms with Gasteiger partial charge in [0.25, 0.3) is 5.92 Å². The van der Waals surface area contributed by atoms with Crippen molar-refractivity contribution in [3.63, 3.8) is 0 Å². The number of carbonyl (C=O) groups excluding carboxylic acids is 2. The first-order valence-corrected chi connectivity index (χ1v) is 20.4. The van der Waals surface area contributed by atoms with Crippen LogP contribution >= 0.6 is 0 Å². The molecule has 2 fully saturated rings. The molecule has 2 unspecified atom stereocenters. The second-order valence-electron chi connectivity index (χ2n) is 15.1. The first-order valence-electron chi connectivity index (χ1n) is 20.4. The first kappa shape index (κ1) is 46.9. The van der Waals surface area contributed by atoms with Crippen molar-refractivity contribution in [1.29, 1.82) is 0 Å². The van der Waals surface area contributed by atoms with Gasteiger partial charge in [-0.2, -0.15) is 0 Å². The van der Waals surface area contributed by atoms with Crippen molar-refractivity contribution in [1.82, 2.24) is 25.8 Å². The van der Waals surface area contributed by atoms with Crippen molar-refractivity contribution in [2.45, 2.75) is 90.6 Å². The molecule has 0 radical (unpaired) electrons. The third kappa shape index (κ3) is 15.7. The zero-order chi connectivity index (χ0) is 41.6. The summed E-state index contributed by atoms with van der Waals surface area (Å²) < 4.78 is 27.7. The van der Waals surface area contributed by atoms with E-state index in [1.54, 1.807) is 11.9 Å². The standard InChI is InChI=1S/C33H45F2N5.C8H8O.C5H11N.CH2O/c1-7-17-39(5)21-30(23(3)8-2)36-19-24(4)25-9-11-26(12-10-25)27-13-15-28(16-14-27)29-20-37-32(38-29)31-18-33(34,35)22-40(31)6;9-7-6-8-4-2-1-3-5-8;1-2-4-6-5-3-1;1-2/h9-16,19,29,31,36H,7-8,17-18,20-22H2,1-6H3,(H,37,38);1-5,7H,6H2;6H,1-5H2;1H2/b24-19+,30-23+;;;. The molecule has 3 aromatic rings. The molecule has 2 saturated heterocycles. The van der Waals surface area contributed by atoms with Gasteiger partial charge in [-0.1, -0.05) is 105 Å². The molecule has 0 aliphatic carbocycles. The number of rotatable bonds is 13. The molecule has 2 atom stereocenters. The number of likely N-dealkylation sites (tertiary alicyclic amines) is 1. The van der Waals surface area contributed by atoms with Crippen LogP contribution in [0, 0.1) is 0 Å². The normalized spacial score (nSPS) is 19.3. The van der Waals surface area contributed by atoms with E-state index in [2.05, 4.69) is 115 Å². The van der Waals surface area contributed by atoms with E-state index < -0.39 is 5.92 Å². The fraction of sp³-hybridized carbons (Fsp3) is 0.468. The van der Waals surface area contributed by atoms with Crippen LogP contribution in [0.4, 0.5) is 8.78 Å². The van der Waals surface area contributed by atoms with E-state index in [0.717, 1.165) is 54.5 Å². The number of hydrogen-bond acceptors (Lipinski definition) is 8. The predicted octanol–water partition coefficient (Wildman–Crippen LogP) is 8.72. The average Bonchev–Trinajstić information content (AvgIpc) is 3.84. The van der Waals surface area contributed by atoms with E-state index in [4.69, 9.17) is 4.79 Å². The van der Waals surface area contributed by atoms with Gasteiger partial charge in [0.15, 0.2) is 0 Å². The van der Waals surface area contributed by atoms with Gasteiger partial charge in [0.05, 0.1) is 25.2 Å². The van der Waals surface area contributed by atoms with Crippen LogP contribution < -0.4 is 16.0 Å². The molecule has 57 heavy (non-hydrogen) atoms. The zero-order valence-corrected chi connectivity index (χ0v) is 35.1. The molecule has 3 aliphatic rings. The molecule has 3 aromatic carbocycles. The monoisotopic (exact) mass is 785 g/mol. The summed E-state index contributed by atoms with van der Waals surface area (Å²) in [5.74, 6) is -1.97. The van der Waals surface area contributed by atoms with Crippen LogP contribution in [0.5, 0.6) is 0 Å². The maximum atomic E-state index is 13.8. The van der Waals surface area contributed by atoms with Crippen LogP contribution in [0.25, 0.3) is 16.7 Å². The summed E-state index contributed by atoms with van der Waals surface area (Å²) in [4.78, 5) is 26.6. The summed E-state index contributed by atoms with van der Waals surface area (Å²) in [6, 6.07) is 26.5. The highest BCUT2D eigenvalue weighted by Crippen LogP contribution is 2.33. The second kappa shape index (κ2) is 25.0. The lowest BCUT2D eigenvalue weighted by Gasteiger charge is -2.20. The Balaban J connectivity index is 0.000000421. The van der Waals surface area contributed by atoms with E-state index >= 15 is 0 Å². The van der Waals surface area contributed by atoms with Gasteiger partial charge in [-0.25, -0.2) is 8.78 Å². The van der Waals surface area contributed by atoms with Gasteiger partial charge in [0, 0.05) is 31.3 Å². The summed E-state index contributed by atoms with van der Waals surface area (Å²) in [6.45, 7) is 15.6. The van der Waals surface area contributed by atoms with Gasteiger partial charge in [-0.05, 0) is 107 Å². The minimum Gasteiger partial charge on any atom is -0.364 e. The number of piperidine rings is 1. The van der Waals surface area contributed by atoms with Gasteiger partial charge < -0.3 is 30.4 Å². The second-order valence-corrected chi connectivity index (χ2v) is 15.1. The molecule has 3 aliphatic heterocycles. The molecular formula is C47H66F2N6O2. The molecule has 6 rings (SSSR count). The molecule has 0 bridgehead atoms. The van der Waals surface area contributed by atoms with Crippen molar-refractivity contribution >= 4 is 24.5 Å². The Morgan fingerprint density at radius 3 is 2.11 bits per heavy atom. The molecule has 10 heteroatoms. The lowest BCUT2D eigenvalue weighted by molar-refractivity contribution is -0.107. The Morgan fingerprint density at radius 2 is 1.60 bits per heavy atom. The number of nitrogens with one attached hydrogen (secondary N) is 3. The molecule has 0 spiro atoms. The Kier molecular flexibility index (Phi) is 20.5. The highest BCUT2D eigenvalue weighted by Gasteiger charge is 2.46. The van der Waals surface area contributed by atoms with Crippen molar-refractivity contribution in [3.05, 3.63) is 113 Å². The van der Waals surface area contributed by atoms with Crippen LogP contribution in [0.1, 0.15) is 89.0 Å². The number of carbonyl (C=O) groups is 2. The molecule has 0 saturated carbocycles. The van der Waals surface area contributed by atoms with Crippen molar-refractivity contribution < 1.29 is 18.4 Å². The van der Waals surface area contributed by atoms with Crippen LogP contribution in [-0.4, -0.2) is 94.0 Å². The fourth-order valence-corrected chi connectivity index (χ4v) is 7.01. The lowest BCUT2D eigenvalue weighted by atomic mass is 9.99. The molecule has 3 N–H and O–H groups in total. The number of likely N-dealkylation sites (N-methyl/N-ethyl adjacent to an activating group) is 2. The van der Waals surface area contributed by atoms with E-state index in [0.29, 0.717) is 18.8 Å². The van der Waals surface area contributed by atoms with Crippen LogP contribution in [0.2, 0.25) is 0 Å². The lowest BCUT2D eigenvalue weighted by Crippen LogP contribution is -2.40. The largest absolute Gasteiger partial charge is 0.364 e. The maximum absolute atomic E-state index is 13.8. The summed E-state index contributed by atoms with van der Waals surface area (Å²) >= 11 is 0. The van der Waals surface area contributed by atoms with E-state index in [9.17, 15) is 13.6 Å². The highest BCUT2D eigenvalue weighted by molar-refractivity contribution is 5.89. The third-order valence-electron chi connectivity index (χ3n) is 10.5. The number of benzene rings is 3. The molecule has 0 amide bonds. The Bertz CT molecular complexity index is 1690. The predicted molar refractivity (Wildman–Crippen MR) is 234 cm³/mol. The van der Waals surface area contributed by atoms with Gasteiger partial charge in [0.2, 0.25) is 0 Å². The Morgan fingerprint density at radius 1 is 0.965 bits per heavy atom. The molecule has 3 heterocycles. The van der Waals surface area contributed by atoms with E-state index in [1.165, 1.54) is 54.8 Å². The van der Waals surface area contributed by atoms with Crippen molar-refractivity contribution in [3.8, 4) is 11.1 Å². The average molecular weight is 785 g/mol. The first-order chi connectivity index (χ1) is 27.5. The molecule has 310 valence electrons. The smallest absolute Gasteiger partial charge is 0.262 e. The Hall–Kier alpha value is -4.51. The number of allylic oxidation sites excluding steroid dienone is 2. The molecular weight excluding hydrogens is 719 g/mol. The summed E-state index contributed by atoms with van der Waals surface area (Å²) in [5.41, 5.74) is 9.53. The number of hydrogen-bond donors (Lipinski definition) is 3. The van der Waals surface area contributed by atoms with Crippen molar-refractivity contribution in [2.24, 2.45) is 4.99 Å². The SMILES string of the molecule is C1CCNCC1.C=O.CCCN(C)C/C(N/C=C(\C)c1ccc(-c2ccc(C3CN=C(C4CC(F)(F)CN4C)N3)cc2)cc1)=C(/C)CC.O=CCc1ccccc1. The maximum Gasteiger partial charge on any atom is 0.262 e. The van der Waals surface area contributed by atoms with Gasteiger partial charge >= 0.3 is 0 Å². The number of amidine groups is 1. The minimum atomic E-state index is -2.65. The van der Waals surface area contributed by atoms with Crippen LogP contribution in [-0.2, 0) is 16.0 Å². The number of alkyl halides is 2. The quantitative estimate of drug-likeness (QED) is 0.150. The molecule has 0 aromatic heterocycles. The number of aliphatic imine (C=N–C) groups is 1. The molecule has 8 nitrogen and oxygen atoms in total. The summed E-state index contributed by atoms with van der Waals surface area (Å²) in [7, 11) is 3.91. The summed E-state index contributed by atoms with van der Waals surface area (Å²) in [5, 5.41) is 10.3. The number of nitrogens with zero attached hydrogens (tertiary/aromatic N) is 3. The minimum absolute atomic E-state index is 0.0198. The fourth-order valence-electron chi connectivity index (χ4n) is 7.01. The zero-order valence-electron chi connectivity index (χ0n) is 35.1. The number of aldehydes is 1. The van der Waals surface area contributed by atoms with E-state index in [-0.39, 0.29) is 25.0 Å². The van der Waals surface area contributed by atoms with Gasteiger partial charge in [-0.15, -0.1) is 0 Å². The van der Waals surface area contributed by atoms with E-state index in [1.807, 2.05) is 37.1 Å². The van der Waals surface area contributed by atoms with Crippen LogP contribution in [0.15, 0.2) is 101 Å². The Labute approximate surface area is 340 Å². The number of halogens is 2. The van der Waals surface area contributed by atoms with Gasteiger partial charge in [0.1, 0.15) is 18.9 Å². The third-order valence-corrected chi connectivity index (χ3v) is 10.5.